The van der Waals surface area contributed by atoms with Crippen molar-refractivity contribution in [3.05, 3.63) is 46.8 Å². The van der Waals surface area contributed by atoms with Crippen molar-refractivity contribution in [2.45, 2.75) is 33.7 Å². The van der Waals surface area contributed by atoms with E-state index in [1.165, 1.54) is 7.11 Å². The Morgan fingerprint density at radius 1 is 1.25 bits per heavy atom. The van der Waals surface area contributed by atoms with Gasteiger partial charge in [-0.25, -0.2) is 0 Å². The predicted octanol–water partition coefficient (Wildman–Crippen LogP) is 3.66. The van der Waals surface area contributed by atoms with Gasteiger partial charge in [-0.3, -0.25) is 4.79 Å². The van der Waals surface area contributed by atoms with Crippen molar-refractivity contribution < 1.29 is 14.3 Å². The molecule has 0 fully saturated rings. The summed E-state index contributed by atoms with van der Waals surface area (Å²) in [6.07, 6.45) is 1.02. The molecule has 1 heterocycles. The third kappa shape index (κ3) is 3.60. The van der Waals surface area contributed by atoms with E-state index in [9.17, 15) is 4.79 Å². The summed E-state index contributed by atoms with van der Waals surface area (Å²) in [4.78, 5) is 12.5. The molecule has 0 amide bonds. The molecular formula is C19H22N2O3. The second kappa shape index (κ2) is 7.69. The highest BCUT2D eigenvalue weighted by molar-refractivity contribution is 5.98. The lowest BCUT2D eigenvalue weighted by atomic mass is 10.1. The SMILES string of the molecule is CCCn1c(C)cc(C(=O)COc2ccc(C#N)cc2OC)c1C. The Morgan fingerprint density at radius 2 is 2.00 bits per heavy atom. The van der Waals surface area contributed by atoms with Crippen LogP contribution in [0.5, 0.6) is 11.5 Å². The maximum atomic E-state index is 12.5. The van der Waals surface area contributed by atoms with E-state index in [-0.39, 0.29) is 12.4 Å². The number of benzene rings is 1. The number of aryl methyl sites for hydroxylation is 1. The summed E-state index contributed by atoms with van der Waals surface area (Å²) >= 11 is 0. The van der Waals surface area contributed by atoms with Crippen LogP contribution in [0.25, 0.3) is 0 Å². The first-order valence-corrected chi connectivity index (χ1v) is 7.92. The average Bonchev–Trinajstić information content (AvgIpc) is 2.88. The summed E-state index contributed by atoms with van der Waals surface area (Å²) < 4.78 is 13.0. The lowest BCUT2D eigenvalue weighted by Crippen LogP contribution is -2.13. The molecule has 1 aromatic heterocycles. The molecule has 0 atom stereocenters. The van der Waals surface area contributed by atoms with Gasteiger partial charge in [0.2, 0.25) is 5.78 Å². The molecule has 0 unspecified atom stereocenters. The summed E-state index contributed by atoms with van der Waals surface area (Å²) in [6.45, 7) is 6.90. The lowest BCUT2D eigenvalue weighted by Gasteiger charge is -2.11. The van der Waals surface area contributed by atoms with E-state index >= 15 is 0 Å². The molecule has 24 heavy (non-hydrogen) atoms. The quantitative estimate of drug-likeness (QED) is 0.728. The topological polar surface area (TPSA) is 64.2 Å². The van der Waals surface area contributed by atoms with Crippen molar-refractivity contribution in [2.75, 3.05) is 13.7 Å². The molecule has 2 rings (SSSR count). The van der Waals surface area contributed by atoms with Crippen LogP contribution in [0.4, 0.5) is 0 Å². The fourth-order valence-electron chi connectivity index (χ4n) is 2.73. The number of ketones is 1. The Kier molecular flexibility index (Phi) is 5.64. The first-order chi connectivity index (χ1) is 11.5. The molecule has 0 bridgehead atoms. The molecular weight excluding hydrogens is 304 g/mol. The highest BCUT2D eigenvalue weighted by Gasteiger charge is 2.16. The van der Waals surface area contributed by atoms with E-state index in [1.807, 2.05) is 26.0 Å². The fourth-order valence-corrected chi connectivity index (χ4v) is 2.73. The second-order valence-electron chi connectivity index (χ2n) is 5.63. The first-order valence-electron chi connectivity index (χ1n) is 7.92. The van der Waals surface area contributed by atoms with Gasteiger partial charge in [-0.2, -0.15) is 5.26 Å². The van der Waals surface area contributed by atoms with E-state index in [4.69, 9.17) is 14.7 Å². The van der Waals surface area contributed by atoms with E-state index in [1.54, 1.807) is 18.2 Å². The lowest BCUT2D eigenvalue weighted by molar-refractivity contribution is 0.0918. The largest absolute Gasteiger partial charge is 0.493 e. The second-order valence-corrected chi connectivity index (χ2v) is 5.63. The Labute approximate surface area is 142 Å². The maximum Gasteiger partial charge on any atom is 0.202 e. The number of hydrogen-bond donors (Lipinski definition) is 0. The molecule has 0 saturated heterocycles. The van der Waals surface area contributed by atoms with Crippen LogP contribution < -0.4 is 9.47 Å². The zero-order chi connectivity index (χ0) is 17.7. The normalized spacial score (nSPS) is 10.3. The van der Waals surface area contributed by atoms with Gasteiger partial charge in [-0.1, -0.05) is 6.92 Å². The van der Waals surface area contributed by atoms with Gasteiger partial charge in [-0.05, 0) is 38.5 Å². The van der Waals surface area contributed by atoms with E-state index in [2.05, 4.69) is 11.5 Å². The van der Waals surface area contributed by atoms with Gasteiger partial charge >= 0.3 is 0 Å². The highest BCUT2D eigenvalue weighted by atomic mass is 16.5. The molecule has 5 heteroatoms. The van der Waals surface area contributed by atoms with E-state index in [0.717, 1.165) is 24.4 Å². The van der Waals surface area contributed by atoms with Crippen molar-refractivity contribution in [3.63, 3.8) is 0 Å². The van der Waals surface area contributed by atoms with Gasteiger partial charge < -0.3 is 14.0 Å². The summed E-state index contributed by atoms with van der Waals surface area (Å²) in [5.41, 5.74) is 3.21. The number of aromatic nitrogens is 1. The van der Waals surface area contributed by atoms with Gasteiger partial charge in [0.15, 0.2) is 18.1 Å². The Hall–Kier alpha value is -2.74. The number of nitriles is 1. The van der Waals surface area contributed by atoms with Crippen LogP contribution in [-0.2, 0) is 6.54 Å². The molecule has 1 aromatic carbocycles. The summed E-state index contributed by atoms with van der Waals surface area (Å²) in [7, 11) is 1.50. The molecule has 0 saturated carbocycles. The third-order valence-electron chi connectivity index (χ3n) is 3.97. The number of Topliss-reactive ketones (excluding diaryl/α,β-unsaturated/α-hetero) is 1. The minimum atomic E-state index is -0.0723. The molecule has 0 N–H and O–H groups in total. The Bertz CT molecular complexity index is 785. The van der Waals surface area contributed by atoms with Crippen LogP contribution in [0, 0.1) is 25.2 Å². The number of rotatable bonds is 7. The fraction of sp³-hybridized carbons (Fsp3) is 0.368. The van der Waals surface area contributed by atoms with Gasteiger partial charge in [-0.15, -0.1) is 0 Å². The number of ether oxygens (including phenoxy) is 2. The van der Waals surface area contributed by atoms with Gasteiger partial charge in [0.1, 0.15) is 0 Å². The third-order valence-corrected chi connectivity index (χ3v) is 3.97. The molecule has 0 spiro atoms. The van der Waals surface area contributed by atoms with Crippen molar-refractivity contribution in [1.82, 2.24) is 4.57 Å². The van der Waals surface area contributed by atoms with E-state index < -0.39 is 0 Å². The smallest absolute Gasteiger partial charge is 0.202 e. The number of carbonyl (C=O) groups excluding carboxylic acids is 1. The Morgan fingerprint density at radius 3 is 2.62 bits per heavy atom. The van der Waals surface area contributed by atoms with Crippen LogP contribution in [-0.4, -0.2) is 24.1 Å². The summed E-state index contributed by atoms with van der Waals surface area (Å²) in [6, 6.07) is 8.82. The maximum absolute atomic E-state index is 12.5. The van der Waals surface area contributed by atoms with Gasteiger partial charge in [0.25, 0.3) is 0 Å². The molecule has 2 aromatic rings. The van der Waals surface area contributed by atoms with Crippen LogP contribution in [0.15, 0.2) is 24.3 Å². The van der Waals surface area contributed by atoms with Gasteiger partial charge in [0.05, 0.1) is 18.7 Å². The zero-order valence-electron chi connectivity index (χ0n) is 14.5. The highest BCUT2D eigenvalue weighted by Crippen LogP contribution is 2.28. The first kappa shape index (κ1) is 17.6. The number of methoxy groups -OCH3 is 1. The van der Waals surface area contributed by atoms with Crippen molar-refractivity contribution in [1.29, 1.82) is 5.26 Å². The molecule has 0 radical (unpaired) electrons. The van der Waals surface area contributed by atoms with Crippen molar-refractivity contribution in [2.24, 2.45) is 0 Å². The molecule has 126 valence electrons. The minimum absolute atomic E-state index is 0.0708. The van der Waals surface area contributed by atoms with Crippen LogP contribution >= 0.6 is 0 Å². The molecule has 0 aliphatic heterocycles. The number of nitrogens with zero attached hydrogens (tertiary/aromatic N) is 2. The molecule has 0 aliphatic carbocycles. The van der Waals surface area contributed by atoms with Gasteiger partial charge in [0, 0.05) is 29.6 Å². The van der Waals surface area contributed by atoms with Crippen LogP contribution in [0.2, 0.25) is 0 Å². The van der Waals surface area contributed by atoms with Crippen molar-refractivity contribution in [3.8, 4) is 17.6 Å². The summed E-state index contributed by atoms with van der Waals surface area (Å²) in [5, 5.41) is 8.91. The minimum Gasteiger partial charge on any atom is -0.493 e. The van der Waals surface area contributed by atoms with E-state index in [0.29, 0.717) is 22.6 Å². The Balaban J connectivity index is 2.14. The monoisotopic (exact) mass is 326 g/mol. The van der Waals surface area contributed by atoms with Crippen LogP contribution in [0.1, 0.15) is 40.7 Å². The number of hydrogen-bond acceptors (Lipinski definition) is 4. The zero-order valence-corrected chi connectivity index (χ0v) is 14.5. The standard InChI is InChI=1S/C19H22N2O3/c1-5-8-21-13(2)9-16(14(21)3)17(22)12-24-18-7-6-15(11-20)10-19(18)23-4/h6-7,9-10H,5,8,12H2,1-4H3. The molecule has 0 aliphatic rings. The van der Waals surface area contributed by atoms with Crippen LogP contribution in [0.3, 0.4) is 0 Å². The van der Waals surface area contributed by atoms with Crippen molar-refractivity contribution >= 4 is 5.78 Å². The molecule has 5 nitrogen and oxygen atoms in total. The number of carbonyl (C=O) groups is 1. The summed E-state index contributed by atoms with van der Waals surface area (Å²) in [5.74, 6) is 0.822. The average molecular weight is 326 g/mol. The predicted molar refractivity (Wildman–Crippen MR) is 91.7 cm³/mol.